The van der Waals surface area contributed by atoms with E-state index in [1.807, 2.05) is 6.92 Å². The zero-order valence-electron chi connectivity index (χ0n) is 17.5. The first-order valence-corrected chi connectivity index (χ1v) is 9.21. The third kappa shape index (κ3) is 18.0. The van der Waals surface area contributed by atoms with E-state index in [1.54, 1.807) is 0 Å². The van der Waals surface area contributed by atoms with Crippen molar-refractivity contribution in [1.29, 1.82) is 0 Å². The van der Waals surface area contributed by atoms with E-state index in [0.717, 1.165) is 36.2 Å². The van der Waals surface area contributed by atoms with Gasteiger partial charge in [-0.3, -0.25) is 0 Å². The third-order valence-electron chi connectivity index (χ3n) is 4.51. The van der Waals surface area contributed by atoms with Gasteiger partial charge < -0.3 is 6.53 Å². The molecule has 0 amide bonds. The summed E-state index contributed by atoms with van der Waals surface area (Å²) in [7, 11) is 0. The standard InChI is InChI=1S/C20H38O2.Li.H/c1-16(2)9-6-10-17(3)11-7-12-18(4)13-8-14-19(5)15-20(21)22;;/h15-18H,6-14H2,1-5H3,(H,21,22);;/q;+1;-1/b19-15+;;/t17-,18-;;/m1../s1. The molecule has 0 aliphatic carbocycles. The fourth-order valence-electron chi connectivity index (χ4n) is 2.99. The Labute approximate surface area is 158 Å². The number of hydrogen-bond acceptors (Lipinski definition) is 1. The largest absolute Gasteiger partial charge is 1.00 e. The van der Waals surface area contributed by atoms with E-state index < -0.39 is 5.97 Å². The van der Waals surface area contributed by atoms with Crippen LogP contribution < -0.4 is 18.9 Å². The van der Waals surface area contributed by atoms with Crippen molar-refractivity contribution < 1.29 is 30.2 Å². The number of aliphatic carboxylic acids is 1. The van der Waals surface area contributed by atoms with Gasteiger partial charge in [-0.05, 0) is 37.5 Å². The number of allylic oxidation sites excluding steroid dienone is 1. The van der Waals surface area contributed by atoms with Crippen LogP contribution in [-0.2, 0) is 4.79 Å². The van der Waals surface area contributed by atoms with E-state index in [4.69, 9.17) is 5.11 Å². The van der Waals surface area contributed by atoms with Crippen molar-refractivity contribution in [2.45, 2.75) is 92.4 Å². The topological polar surface area (TPSA) is 37.3 Å². The molecule has 0 radical (unpaired) electrons. The van der Waals surface area contributed by atoms with E-state index in [1.165, 1.54) is 51.0 Å². The van der Waals surface area contributed by atoms with Gasteiger partial charge in [0.2, 0.25) is 0 Å². The number of carbonyl (C=O) groups is 1. The zero-order valence-corrected chi connectivity index (χ0v) is 16.5. The van der Waals surface area contributed by atoms with Gasteiger partial charge in [0, 0.05) is 6.08 Å². The maximum atomic E-state index is 10.5. The summed E-state index contributed by atoms with van der Waals surface area (Å²) in [5, 5.41) is 8.68. The molecule has 0 bridgehead atoms. The molecule has 0 aliphatic heterocycles. The fraction of sp³-hybridized carbons (Fsp3) is 0.850. The molecule has 0 rings (SSSR count). The van der Waals surface area contributed by atoms with E-state index >= 15 is 0 Å². The SMILES string of the molecule is C/C(=C\C(=O)O)CCC[C@H](C)CCC[C@H](C)CCCC(C)C.[H-].[Li+]. The zero-order chi connectivity index (χ0) is 17.0. The molecule has 132 valence electrons. The molecule has 1 N–H and O–H groups in total. The quantitative estimate of drug-likeness (QED) is 0.416. The molecule has 0 spiro atoms. The van der Waals surface area contributed by atoms with Crippen LogP contribution >= 0.6 is 0 Å². The molecule has 2 nitrogen and oxygen atoms in total. The number of carboxylic acids is 1. The van der Waals surface area contributed by atoms with Gasteiger partial charge in [-0.1, -0.05) is 78.2 Å². The van der Waals surface area contributed by atoms with Crippen molar-refractivity contribution in [1.82, 2.24) is 0 Å². The Morgan fingerprint density at radius 1 is 0.913 bits per heavy atom. The number of rotatable bonds is 13. The molecule has 23 heavy (non-hydrogen) atoms. The molecule has 0 saturated heterocycles. The Kier molecular flexibility index (Phi) is 16.7. The molecule has 2 atom stereocenters. The molecule has 0 aromatic carbocycles. The first-order valence-electron chi connectivity index (χ1n) is 9.21. The Morgan fingerprint density at radius 3 is 1.78 bits per heavy atom. The summed E-state index contributed by atoms with van der Waals surface area (Å²) >= 11 is 0. The van der Waals surface area contributed by atoms with Crippen molar-refractivity contribution in [2.75, 3.05) is 0 Å². The minimum Gasteiger partial charge on any atom is -1.00 e. The average molecular weight is 318 g/mol. The second-order valence-corrected chi connectivity index (χ2v) is 7.69. The maximum absolute atomic E-state index is 10.5. The summed E-state index contributed by atoms with van der Waals surface area (Å²) in [5.41, 5.74) is 0.985. The maximum Gasteiger partial charge on any atom is 1.00 e. The van der Waals surface area contributed by atoms with Gasteiger partial charge in [0.25, 0.3) is 0 Å². The van der Waals surface area contributed by atoms with E-state index in [9.17, 15) is 4.79 Å². The Balaban J connectivity index is -0.00000220. The van der Waals surface area contributed by atoms with Crippen LogP contribution in [0.5, 0.6) is 0 Å². The van der Waals surface area contributed by atoms with Crippen LogP contribution in [0.25, 0.3) is 0 Å². The Bertz CT molecular complexity index is 330. The van der Waals surface area contributed by atoms with E-state index in [2.05, 4.69) is 27.7 Å². The normalized spacial score (nSPS) is 14.4. The second kappa shape index (κ2) is 15.3. The van der Waals surface area contributed by atoms with Gasteiger partial charge in [0.1, 0.15) is 0 Å². The molecule has 0 unspecified atom stereocenters. The molecule has 0 fully saturated rings. The van der Waals surface area contributed by atoms with Crippen molar-refractivity contribution in [3.63, 3.8) is 0 Å². The summed E-state index contributed by atoms with van der Waals surface area (Å²) in [6, 6.07) is 0. The van der Waals surface area contributed by atoms with Gasteiger partial charge in [0.15, 0.2) is 0 Å². The summed E-state index contributed by atoms with van der Waals surface area (Å²) in [6.07, 6.45) is 12.7. The average Bonchev–Trinajstić information content (AvgIpc) is 2.37. The summed E-state index contributed by atoms with van der Waals surface area (Å²) in [4.78, 5) is 10.5. The molecule has 0 aliphatic rings. The first kappa shape index (κ1) is 25.1. The van der Waals surface area contributed by atoms with E-state index in [0.29, 0.717) is 0 Å². The number of carboxylic acid groups (broad SMARTS) is 1. The van der Waals surface area contributed by atoms with E-state index in [-0.39, 0.29) is 20.3 Å². The molecule has 0 aromatic rings. The van der Waals surface area contributed by atoms with Crippen molar-refractivity contribution in [3.05, 3.63) is 11.6 Å². The Morgan fingerprint density at radius 2 is 1.35 bits per heavy atom. The predicted octanol–water partition coefficient (Wildman–Crippen LogP) is 3.57. The molecule has 0 heterocycles. The Hall–Kier alpha value is -0.193. The molecule has 0 aromatic heterocycles. The van der Waals surface area contributed by atoms with Crippen LogP contribution in [-0.4, -0.2) is 11.1 Å². The monoisotopic (exact) mass is 318 g/mol. The molecule has 0 saturated carbocycles. The minimum atomic E-state index is -0.822. The summed E-state index contributed by atoms with van der Waals surface area (Å²) in [5.74, 6) is 1.65. The van der Waals surface area contributed by atoms with Gasteiger partial charge in [-0.15, -0.1) is 0 Å². The van der Waals surface area contributed by atoms with Crippen molar-refractivity contribution in [2.24, 2.45) is 17.8 Å². The third-order valence-corrected chi connectivity index (χ3v) is 4.51. The van der Waals surface area contributed by atoms with Crippen LogP contribution in [0.4, 0.5) is 0 Å². The van der Waals surface area contributed by atoms with Gasteiger partial charge in [-0.2, -0.15) is 0 Å². The molecular weight excluding hydrogens is 279 g/mol. The van der Waals surface area contributed by atoms with Gasteiger partial charge in [0.05, 0.1) is 0 Å². The van der Waals surface area contributed by atoms with Crippen molar-refractivity contribution >= 4 is 5.97 Å². The molecule has 3 heteroatoms. The van der Waals surface area contributed by atoms with Crippen molar-refractivity contribution in [3.8, 4) is 0 Å². The second-order valence-electron chi connectivity index (χ2n) is 7.69. The molecular formula is C20H39LiO2. The summed E-state index contributed by atoms with van der Waals surface area (Å²) in [6.45, 7) is 11.3. The smallest absolute Gasteiger partial charge is 1.00 e. The van der Waals surface area contributed by atoms with Crippen LogP contribution in [0.1, 0.15) is 93.8 Å². The van der Waals surface area contributed by atoms with Crippen LogP contribution in [0.15, 0.2) is 11.6 Å². The minimum absolute atomic E-state index is 0. The predicted molar refractivity (Wildman–Crippen MR) is 97.2 cm³/mol. The first-order chi connectivity index (χ1) is 10.3. The fourth-order valence-corrected chi connectivity index (χ4v) is 2.99. The van der Waals surface area contributed by atoms with Crippen LogP contribution in [0.2, 0.25) is 0 Å². The van der Waals surface area contributed by atoms with Gasteiger partial charge >= 0.3 is 24.8 Å². The summed E-state index contributed by atoms with van der Waals surface area (Å²) < 4.78 is 0. The van der Waals surface area contributed by atoms with Crippen LogP contribution in [0, 0.1) is 17.8 Å². The number of hydrogen-bond donors (Lipinski definition) is 1. The van der Waals surface area contributed by atoms with Crippen LogP contribution in [0.3, 0.4) is 0 Å². The van der Waals surface area contributed by atoms with Gasteiger partial charge in [-0.25, -0.2) is 4.79 Å².